The Morgan fingerprint density at radius 1 is 1.33 bits per heavy atom. The van der Waals surface area contributed by atoms with E-state index in [0.29, 0.717) is 0 Å². The summed E-state index contributed by atoms with van der Waals surface area (Å²) >= 11 is 0. The van der Waals surface area contributed by atoms with Gasteiger partial charge in [0.25, 0.3) is 0 Å². The average Bonchev–Trinajstić information content (AvgIpc) is 2.05. The van der Waals surface area contributed by atoms with Gasteiger partial charge in [-0.05, 0) is 19.3 Å². The topological polar surface area (TPSA) is 43.1 Å². The Kier molecular flexibility index (Phi) is 4.97. The van der Waals surface area contributed by atoms with E-state index in [1.165, 1.54) is 19.3 Å². The molecule has 2 nitrogen and oxygen atoms in total. The van der Waals surface area contributed by atoms with Gasteiger partial charge in [0.05, 0.1) is 0 Å². The van der Waals surface area contributed by atoms with Crippen LogP contribution in [0.15, 0.2) is 0 Å². The predicted molar refractivity (Wildman–Crippen MR) is 52.2 cm³/mol. The molecule has 0 bridgehead atoms. The van der Waals surface area contributed by atoms with Crippen molar-refractivity contribution in [3.63, 3.8) is 0 Å². The van der Waals surface area contributed by atoms with Gasteiger partial charge in [-0.2, -0.15) is 0 Å². The van der Waals surface area contributed by atoms with Gasteiger partial charge in [0.15, 0.2) is 0 Å². The van der Waals surface area contributed by atoms with E-state index in [9.17, 15) is 4.79 Å². The van der Waals surface area contributed by atoms with Crippen LogP contribution < -0.4 is 5.73 Å². The molecule has 12 heavy (non-hydrogen) atoms. The van der Waals surface area contributed by atoms with Gasteiger partial charge in [-0.25, -0.2) is 0 Å². The summed E-state index contributed by atoms with van der Waals surface area (Å²) in [6, 6.07) is 0. The molecule has 0 aromatic carbocycles. The van der Waals surface area contributed by atoms with Crippen molar-refractivity contribution in [2.75, 3.05) is 0 Å². The molecule has 1 amide bonds. The summed E-state index contributed by atoms with van der Waals surface area (Å²) in [6.07, 6.45) is 6.57. The molecule has 1 aliphatic carbocycles. The van der Waals surface area contributed by atoms with E-state index in [2.05, 4.69) is 6.92 Å². The Morgan fingerprint density at radius 3 is 2.08 bits per heavy atom. The number of rotatable bonds is 2. The van der Waals surface area contributed by atoms with Crippen LogP contribution in [0.25, 0.3) is 0 Å². The monoisotopic (exact) mass is 163 g/mol. The van der Waals surface area contributed by atoms with E-state index in [1.54, 1.807) is 0 Å². The van der Waals surface area contributed by atoms with Gasteiger partial charge in [0.1, 0.15) is 0 Å². The number of carbonyl (C=O) groups excluding carboxylic acids is 1. The fourth-order valence-electron chi connectivity index (χ4n) is 2.00. The first-order valence-corrected chi connectivity index (χ1v) is 4.51. The van der Waals surface area contributed by atoms with Gasteiger partial charge in [-0.3, -0.25) is 4.79 Å². The summed E-state index contributed by atoms with van der Waals surface area (Å²) in [5.41, 5.74) is 5.23. The van der Waals surface area contributed by atoms with Crippen LogP contribution in [0, 0.1) is 5.41 Å². The van der Waals surface area contributed by atoms with Gasteiger partial charge in [0.2, 0.25) is 5.91 Å². The van der Waals surface area contributed by atoms with Crippen LogP contribution in [0.5, 0.6) is 0 Å². The van der Waals surface area contributed by atoms with Crippen molar-refractivity contribution in [2.45, 2.75) is 45.4 Å². The molecular formula is C9H18LiNO. The van der Waals surface area contributed by atoms with Crippen LogP contribution in [-0.4, -0.2) is 24.8 Å². The first-order valence-electron chi connectivity index (χ1n) is 4.51. The molecule has 0 heterocycles. The molecule has 1 saturated carbocycles. The Hall–Kier alpha value is 0.0674. The molecule has 1 aliphatic rings. The van der Waals surface area contributed by atoms with Gasteiger partial charge in [0, 0.05) is 5.41 Å². The van der Waals surface area contributed by atoms with E-state index in [4.69, 9.17) is 5.73 Å². The third kappa shape index (κ3) is 2.28. The quantitative estimate of drug-likeness (QED) is 0.610. The number of carbonyl (C=O) groups is 1. The number of amides is 1. The minimum absolute atomic E-state index is 0. The third-order valence-electron chi connectivity index (χ3n) is 3.01. The van der Waals surface area contributed by atoms with Crippen molar-refractivity contribution >= 4 is 24.8 Å². The van der Waals surface area contributed by atoms with E-state index in [1.807, 2.05) is 0 Å². The van der Waals surface area contributed by atoms with Crippen molar-refractivity contribution in [1.29, 1.82) is 0 Å². The summed E-state index contributed by atoms with van der Waals surface area (Å²) in [5.74, 6) is -0.0836. The fourth-order valence-corrected chi connectivity index (χ4v) is 2.00. The number of primary amides is 1. The maximum absolute atomic E-state index is 11.1. The summed E-state index contributed by atoms with van der Waals surface area (Å²) in [5, 5.41) is 0. The Balaban J connectivity index is 0.00000121. The summed E-state index contributed by atoms with van der Waals surface area (Å²) in [7, 11) is 0. The van der Waals surface area contributed by atoms with Crippen molar-refractivity contribution in [1.82, 2.24) is 0 Å². The average molecular weight is 163 g/mol. The molecule has 1 fully saturated rings. The molecule has 0 aromatic rings. The first kappa shape index (κ1) is 12.1. The molecule has 2 N–H and O–H groups in total. The summed E-state index contributed by atoms with van der Waals surface area (Å²) < 4.78 is 0. The molecule has 1 rings (SSSR count). The molecule has 0 saturated heterocycles. The molecule has 0 radical (unpaired) electrons. The maximum atomic E-state index is 11.1. The zero-order valence-electron chi connectivity index (χ0n) is 7.23. The third-order valence-corrected chi connectivity index (χ3v) is 3.01. The molecule has 0 aliphatic heterocycles. The second-order valence-corrected chi connectivity index (χ2v) is 3.56. The van der Waals surface area contributed by atoms with Crippen molar-refractivity contribution in [3.8, 4) is 0 Å². The molecule has 0 aromatic heterocycles. The fraction of sp³-hybridized carbons (Fsp3) is 0.889. The summed E-state index contributed by atoms with van der Waals surface area (Å²) in [4.78, 5) is 11.1. The predicted octanol–water partition coefficient (Wildman–Crippen LogP) is 1.18. The molecule has 0 spiro atoms. The number of nitrogens with two attached hydrogens (primary N) is 1. The van der Waals surface area contributed by atoms with E-state index in [-0.39, 0.29) is 30.2 Å². The molecular weight excluding hydrogens is 145 g/mol. The van der Waals surface area contributed by atoms with Crippen molar-refractivity contribution in [3.05, 3.63) is 0 Å². The van der Waals surface area contributed by atoms with Crippen LogP contribution in [0.2, 0.25) is 0 Å². The molecule has 66 valence electrons. The zero-order valence-corrected chi connectivity index (χ0v) is 7.23. The SMILES string of the molecule is CCC1(C(N)=O)CCCCC1.[LiH]. The van der Waals surface area contributed by atoms with Crippen molar-refractivity contribution < 1.29 is 4.79 Å². The Morgan fingerprint density at radius 2 is 1.83 bits per heavy atom. The molecule has 0 atom stereocenters. The second-order valence-electron chi connectivity index (χ2n) is 3.56. The second kappa shape index (κ2) is 4.94. The van der Waals surface area contributed by atoms with Crippen molar-refractivity contribution in [2.24, 2.45) is 11.1 Å². The van der Waals surface area contributed by atoms with Crippen LogP contribution >= 0.6 is 0 Å². The summed E-state index contributed by atoms with van der Waals surface area (Å²) in [6.45, 7) is 2.07. The van der Waals surface area contributed by atoms with Crippen LogP contribution in [0.3, 0.4) is 0 Å². The van der Waals surface area contributed by atoms with E-state index in [0.717, 1.165) is 19.3 Å². The van der Waals surface area contributed by atoms with Crippen LogP contribution in [0.4, 0.5) is 0 Å². The van der Waals surface area contributed by atoms with E-state index < -0.39 is 0 Å². The molecule has 0 unspecified atom stereocenters. The number of hydrogen-bond donors (Lipinski definition) is 1. The van der Waals surface area contributed by atoms with Gasteiger partial charge < -0.3 is 5.73 Å². The van der Waals surface area contributed by atoms with Gasteiger partial charge in [-0.15, -0.1) is 0 Å². The Labute approximate surface area is 86.5 Å². The van der Waals surface area contributed by atoms with Crippen LogP contribution in [-0.2, 0) is 4.79 Å². The normalized spacial score (nSPS) is 21.1. The van der Waals surface area contributed by atoms with E-state index >= 15 is 0 Å². The zero-order chi connectivity index (χ0) is 8.32. The van der Waals surface area contributed by atoms with Crippen LogP contribution in [0.1, 0.15) is 45.4 Å². The minimum atomic E-state index is -0.141. The standard InChI is InChI=1S/C9H17NO.Li.H/c1-2-9(8(10)11)6-4-3-5-7-9;;/h2-7H2,1H3,(H2,10,11);;. The Bertz CT molecular complexity index is 153. The first-order chi connectivity index (χ1) is 5.21. The van der Waals surface area contributed by atoms with Gasteiger partial charge in [-0.1, -0.05) is 26.2 Å². The van der Waals surface area contributed by atoms with Gasteiger partial charge >= 0.3 is 18.9 Å². The molecule has 3 heteroatoms. The number of hydrogen-bond acceptors (Lipinski definition) is 1.